The Labute approximate surface area is 92.4 Å². The lowest BCUT2D eigenvalue weighted by Crippen LogP contribution is -2.43. The fourth-order valence-corrected chi connectivity index (χ4v) is 1.94. The fourth-order valence-electron chi connectivity index (χ4n) is 1.94. The van der Waals surface area contributed by atoms with E-state index >= 15 is 0 Å². The van der Waals surface area contributed by atoms with Crippen LogP contribution in [0.1, 0.15) is 13.3 Å². The Hall–Kier alpha value is -1.91. The molecule has 0 aliphatic carbocycles. The Morgan fingerprint density at radius 1 is 1.50 bits per heavy atom. The van der Waals surface area contributed by atoms with Crippen LogP contribution in [0.15, 0.2) is 23.4 Å². The van der Waals surface area contributed by atoms with Crippen LogP contribution in [0.2, 0.25) is 0 Å². The van der Waals surface area contributed by atoms with Crippen molar-refractivity contribution in [1.82, 2.24) is 4.90 Å². The van der Waals surface area contributed by atoms with Crippen molar-refractivity contribution < 1.29 is 19.1 Å². The van der Waals surface area contributed by atoms with Crippen LogP contribution in [-0.4, -0.2) is 35.7 Å². The van der Waals surface area contributed by atoms with Gasteiger partial charge < -0.3 is 4.74 Å². The zero-order valence-electron chi connectivity index (χ0n) is 9.02. The van der Waals surface area contributed by atoms with E-state index in [0.717, 1.165) is 5.57 Å². The standard InChI is InChI=1S/C11H11NO4/c1-6-3-9(11(15)16-2)12-8(6)4-7(13)5-10(12)14/h3-4,9H,5H2,1-2H3. The first-order valence-electron chi connectivity index (χ1n) is 4.88. The molecule has 0 saturated carbocycles. The van der Waals surface area contributed by atoms with Crippen LogP contribution in [0.4, 0.5) is 0 Å². The van der Waals surface area contributed by atoms with E-state index in [0.29, 0.717) is 5.70 Å². The number of hydrogen-bond donors (Lipinski definition) is 0. The second-order valence-electron chi connectivity index (χ2n) is 3.75. The average molecular weight is 221 g/mol. The van der Waals surface area contributed by atoms with Gasteiger partial charge in [-0.1, -0.05) is 0 Å². The normalized spacial score (nSPS) is 23.9. The highest BCUT2D eigenvalue weighted by Crippen LogP contribution is 2.31. The average Bonchev–Trinajstić information content (AvgIpc) is 2.55. The van der Waals surface area contributed by atoms with E-state index < -0.39 is 12.0 Å². The Morgan fingerprint density at radius 2 is 2.19 bits per heavy atom. The van der Waals surface area contributed by atoms with Crippen molar-refractivity contribution in [2.45, 2.75) is 19.4 Å². The van der Waals surface area contributed by atoms with Crippen molar-refractivity contribution >= 4 is 17.7 Å². The number of allylic oxidation sites excluding steroid dienone is 2. The van der Waals surface area contributed by atoms with E-state index in [2.05, 4.69) is 4.74 Å². The van der Waals surface area contributed by atoms with Crippen molar-refractivity contribution in [3.05, 3.63) is 23.4 Å². The molecule has 1 atom stereocenters. The number of carbonyl (C=O) groups is 3. The molecule has 2 aliphatic rings. The van der Waals surface area contributed by atoms with E-state index in [1.165, 1.54) is 18.1 Å². The summed E-state index contributed by atoms with van der Waals surface area (Å²) in [5.74, 6) is -1.08. The molecule has 0 saturated heterocycles. The minimum Gasteiger partial charge on any atom is -0.467 e. The summed E-state index contributed by atoms with van der Waals surface area (Å²) in [6.07, 6.45) is 2.85. The summed E-state index contributed by atoms with van der Waals surface area (Å²) in [6.45, 7) is 1.76. The summed E-state index contributed by atoms with van der Waals surface area (Å²) >= 11 is 0. The molecule has 0 N–H and O–H groups in total. The molecule has 0 bridgehead atoms. The monoisotopic (exact) mass is 221 g/mol. The van der Waals surface area contributed by atoms with Crippen LogP contribution >= 0.6 is 0 Å². The minimum atomic E-state index is -0.725. The van der Waals surface area contributed by atoms with Gasteiger partial charge >= 0.3 is 5.97 Å². The molecule has 2 rings (SSSR count). The molecule has 2 aliphatic heterocycles. The molecule has 84 valence electrons. The number of rotatable bonds is 1. The molecule has 0 aromatic carbocycles. The summed E-state index contributed by atoms with van der Waals surface area (Å²) in [5.41, 5.74) is 1.26. The zero-order chi connectivity index (χ0) is 11.9. The summed E-state index contributed by atoms with van der Waals surface area (Å²) in [6, 6.07) is -0.725. The molecule has 5 heteroatoms. The van der Waals surface area contributed by atoms with E-state index in [4.69, 9.17) is 0 Å². The van der Waals surface area contributed by atoms with Gasteiger partial charge in [-0.3, -0.25) is 14.5 Å². The first-order chi connectivity index (χ1) is 7.54. The van der Waals surface area contributed by atoms with Gasteiger partial charge in [0, 0.05) is 6.08 Å². The van der Waals surface area contributed by atoms with E-state index in [-0.39, 0.29) is 18.1 Å². The van der Waals surface area contributed by atoms with Gasteiger partial charge in [-0.25, -0.2) is 4.79 Å². The largest absolute Gasteiger partial charge is 0.467 e. The van der Waals surface area contributed by atoms with Crippen molar-refractivity contribution in [3.8, 4) is 0 Å². The molecular weight excluding hydrogens is 210 g/mol. The smallest absolute Gasteiger partial charge is 0.333 e. The van der Waals surface area contributed by atoms with Crippen molar-refractivity contribution in [3.63, 3.8) is 0 Å². The van der Waals surface area contributed by atoms with Crippen LogP contribution in [-0.2, 0) is 19.1 Å². The van der Waals surface area contributed by atoms with Gasteiger partial charge in [0.15, 0.2) is 11.8 Å². The highest BCUT2D eigenvalue weighted by atomic mass is 16.5. The molecule has 0 radical (unpaired) electrons. The lowest BCUT2D eigenvalue weighted by Gasteiger charge is -2.26. The van der Waals surface area contributed by atoms with Crippen molar-refractivity contribution in [2.75, 3.05) is 7.11 Å². The predicted molar refractivity (Wildman–Crippen MR) is 54.1 cm³/mol. The quantitative estimate of drug-likeness (QED) is 0.468. The van der Waals surface area contributed by atoms with E-state index in [1.54, 1.807) is 13.0 Å². The summed E-state index contributed by atoms with van der Waals surface area (Å²) < 4.78 is 4.62. The molecular formula is C11H11NO4. The topological polar surface area (TPSA) is 63.7 Å². The maximum Gasteiger partial charge on any atom is 0.333 e. The number of carbonyl (C=O) groups excluding carboxylic acids is 3. The highest BCUT2D eigenvalue weighted by Gasteiger charge is 2.40. The van der Waals surface area contributed by atoms with Crippen LogP contribution in [0.5, 0.6) is 0 Å². The molecule has 1 amide bonds. The molecule has 0 spiro atoms. The number of nitrogens with zero attached hydrogens (tertiary/aromatic N) is 1. The highest BCUT2D eigenvalue weighted by molar-refractivity contribution is 6.09. The first-order valence-corrected chi connectivity index (χ1v) is 4.88. The maximum atomic E-state index is 11.7. The van der Waals surface area contributed by atoms with Gasteiger partial charge in [0.2, 0.25) is 5.91 Å². The number of hydrogen-bond acceptors (Lipinski definition) is 4. The van der Waals surface area contributed by atoms with Gasteiger partial charge in [-0.15, -0.1) is 0 Å². The first kappa shape index (κ1) is 10.6. The number of ketones is 1. The fraction of sp³-hybridized carbons (Fsp3) is 0.364. The number of fused-ring (bicyclic) bond motifs is 1. The van der Waals surface area contributed by atoms with E-state index in [9.17, 15) is 14.4 Å². The van der Waals surface area contributed by atoms with Crippen LogP contribution in [0.25, 0.3) is 0 Å². The molecule has 2 heterocycles. The molecule has 0 fully saturated rings. The van der Waals surface area contributed by atoms with Crippen molar-refractivity contribution in [2.24, 2.45) is 0 Å². The predicted octanol–water partition coefficient (Wildman–Crippen LogP) is 0.173. The molecule has 16 heavy (non-hydrogen) atoms. The van der Waals surface area contributed by atoms with Crippen LogP contribution < -0.4 is 0 Å². The minimum absolute atomic E-state index is 0.182. The lowest BCUT2D eigenvalue weighted by molar-refractivity contribution is -0.149. The van der Waals surface area contributed by atoms with Crippen molar-refractivity contribution in [1.29, 1.82) is 0 Å². The summed E-state index contributed by atoms with van der Waals surface area (Å²) in [5, 5.41) is 0. The SMILES string of the molecule is COC(=O)C1C=C(C)C2=CC(=O)CC(=O)N21. The molecule has 1 unspecified atom stereocenters. The maximum absolute atomic E-state index is 11.7. The van der Waals surface area contributed by atoms with Gasteiger partial charge in [0.05, 0.1) is 19.2 Å². The van der Waals surface area contributed by atoms with Gasteiger partial charge in [-0.2, -0.15) is 0 Å². The van der Waals surface area contributed by atoms with Gasteiger partial charge in [0.1, 0.15) is 0 Å². The number of methoxy groups -OCH3 is 1. The Balaban J connectivity index is 2.42. The third-order valence-electron chi connectivity index (χ3n) is 2.68. The second kappa shape index (κ2) is 3.59. The summed E-state index contributed by atoms with van der Waals surface area (Å²) in [7, 11) is 1.27. The number of esters is 1. The van der Waals surface area contributed by atoms with Gasteiger partial charge in [-0.05, 0) is 18.6 Å². The Bertz CT molecular complexity index is 447. The van der Waals surface area contributed by atoms with E-state index in [1.807, 2.05) is 0 Å². The lowest BCUT2D eigenvalue weighted by atomic mass is 10.1. The number of amides is 1. The molecule has 0 aromatic heterocycles. The third kappa shape index (κ3) is 1.44. The second-order valence-corrected chi connectivity index (χ2v) is 3.75. The van der Waals surface area contributed by atoms with Crippen LogP contribution in [0.3, 0.4) is 0 Å². The molecule has 5 nitrogen and oxygen atoms in total. The Morgan fingerprint density at radius 3 is 2.81 bits per heavy atom. The number of ether oxygens (including phenoxy) is 1. The molecule has 0 aromatic rings. The zero-order valence-corrected chi connectivity index (χ0v) is 9.02. The summed E-state index contributed by atoms with van der Waals surface area (Å²) in [4.78, 5) is 35.7. The third-order valence-corrected chi connectivity index (χ3v) is 2.68. The van der Waals surface area contributed by atoms with Crippen LogP contribution in [0, 0.1) is 0 Å². The Kier molecular flexibility index (Phi) is 2.38. The van der Waals surface area contributed by atoms with Gasteiger partial charge in [0.25, 0.3) is 0 Å².